The molecule has 0 spiro atoms. The van der Waals surface area contributed by atoms with E-state index >= 15 is 0 Å². The Bertz CT molecular complexity index is 655. The summed E-state index contributed by atoms with van der Waals surface area (Å²) >= 11 is 0. The lowest BCUT2D eigenvalue weighted by atomic mass is 9.51. The number of aromatic nitrogens is 2. The summed E-state index contributed by atoms with van der Waals surface area (Å²) in [6.07, 6.45) is 12.8. The van der Waals surface area contributed by atoms with Gasteiger partial charge in [-0.25, -0.2) is 4.98 Å². The molecule has 4 aliphatic rings. The Hall–Kier alpha value is -1.90. The molecule has 2 aromatic rings. The fraction of sp³-hybridized carbons (Fsp3) is 0.500. The maximum absolute atomic E-state index is 5.77. The highest BCUT2D eigenvalue weighted by atomic mass is 16.5. The lowest BCUT2D eigenvalue weighted by Gasteiger charge is -2.54. The molecule has 0 aromatic carbocycles. The van der Waals surface area contributed by atoms with Gasteiger partial charge in [0.15, 0.2) is 0 Å². The Kier molecular flexibility index (Phi) is 3.13. The van der Waals surface area contributed by atoms with Gasteiger partial charge in [0.05, 0.1) is 6.20 Å². The van der Waals surface area contributed by atoms with Crippen LogP contribution in [0, 0.1) is 23.7 Å². The van der Waals surface area contributed by atoms with Gasteiger partial charge in [0.25, 0.3) is 0 Å². The molecule has 4 fully saturated rings. The van der Waals surface area contributed by atoms with Gasteiger partial charge in [-0.2, -0.15) is 0 Å². The van der Waals surface area contributed by atoms with E-state index < -0.39 is 0 Å². The molecule has 2 aromatic heterocycles. The molecular formula is C20H22N2O. The summed E-state index contributed by atoms with van der Waals surface area (Å²) in [6, 6.07) is 8.04. The van der Waals surface area contributed by atoms with Crippen molar-refractivity contribution in [3.63, 3.8) is 0 Å². The van der Waals surface area contributed by atoms with E-state index in [1.807, 2.05) is 18.2 Å². The standard InChI is InChI=1S/C20H22N2O/c1-2-18(12-21-5-1)23-19-4-3-15(11-22-19)20-16-7-13-6-14(9-16)10-17(20)8-13/h1-5,11-14,16-17,20H,6-10H2. The van der Waals surface area contributed by atoms with Gasteiger partial charge >= 0.3 is 0 Å². The van der Waals surface area contributed by atoms with Crippen molar-refractivity contribution in [1.82, 2.24) is 9.97 Å². The van der Waals surface area contributed by atoms with E-state index in [0.717, 1.165) is 35.3 Å². The topological polar surface area (TPSA) is 35.0 Å². The van der Waals surface area contributed by atoms with Crippen LogP contribution >= 0.6 is 0 Å². The molecule has 0 saturated heterocycles. The number of hydrogen-bond donors (Lipinski definition) is 0. The minimum atomic E-state index is 0.658. The Morgan fingerprint density at radius 1 is 0.870 bits per heavy atom. The van der Waals surface area contributed by atoms with Crippen molar-refractivity contribution in [1.29, 1.82) is 0 Å². The SMILES string of the molecule is c1cncc(Oc2ccc(C3C4CC5CC(C4)CC3C5)cn2)c1. The quantitative estimate of drug-likeness (QED) is 0.816. The number of hydrogen-bond acceptors (Lipinski definition) is 3. The zero-order valence-corrected chi connectivity index (χ0v) is 13.3. The molecule has 0 radical (unpaired) electrons. The molecule has 4 aliphatic carbocycles. The molecular weight excluding hydrogens is 284 g/mol. The van der Waals surface area contributed by atoms with E-state index in [2.05, 4.69) is 22.2 Å². The van der Waals surface area contributed by atoms with Crippen LogP contribution in [0.15, 0.2) is 42.9 Å². The largest absolute Gasteiger partial charge is 0.437 e. The van der Waals surface area contributed by atoms with Gasteiger partial charge in [0, 0.05) is 18.5 Å². The zero-order valence-electron chi connectivity index (χ0n) is 13.3. The minimum Gasteiger partial charge on any atom is -0.437 e. The zero-order chi connectivity index (χ0) is 15.2. The van der Waals surface area contributed by atoms with E-state index in [0.29, 0.717) is 5.88 Å². The molecule has 3 heteroatoms. The summed E-state index contributed by atoms with van der Waals surface area (Å²) in [5.41, 5.74) is 1.43. The van der Waals surface area contributed by atoms with Gasteiger partial charge in [-0.1, -0.05) is 6.07 Å². The summed E-state index contributed by atoms with van der Waals surface area (Å²) in [5.74, 6) is 5.98. The van der Waals surface area contributed by atoms with Crippen molar-refractivity contribution < 1.29 is 4.74 Å². The van der Waals surface area contributed by atoms with E-state index in [-0.39, 0.29) is 0 Å². The molecule has 2 heterocycles. The minimum absolute atomic E-state index is 0.658. The molecule has 118 valence electrons. The van der Waals surface area contributed by atoms with Gasteiger partial charge < -0.3 is 4.74 Å². The van der Waals surface area contributed by atoms with E-state index in [9.17, 15) is 0 Å². The van der Waals surface area contributed by atoms with E-state index in [1.165, 1.54) is 37.7 Å². The van der Waals surface area contributed by atoms with Crippen molar-refractivity contribution >= 4 is 0 Å². The van der Waals surface area contributed by atoms with Crippen molar-refractivity contribution in [3.8, 4) is 11.6 Å². The van der Waals surface area contributed by atoms with Crippen LogP contribution in [0.5, 0.6) is 11.6 Å². The van der Waals surface area contributed by atoms with Gasteiger partial charge in [-0.05, 0) is 79.4 Å². The first-order chi connectivity index (χ1) is 11.3. The fourth-order valence-electron chi connectivity index (χ4n) is 5.65. The molecule has 4 bridgehead atoms. The van der Waals surface area contributed by atoms with Crippen molar-refractivity contribution in [3.05, 3.63) is 48.4 Å². The molecule has 4 saturated carbocycles. The average Bonchev–Trinajstić information content (AvgIpc) is 2.56. The Morgan fingerprint density at radius 3 is 2.26 bits per heavy atom. The van der Waals surface area contributed by atoms with Crippen molar-refractivity contribution in [2.45, 2.75) is 38.0 Å². The number of nitrogens with zero attached hydrogens (tertiary/aromatic N) is 2. The number of rotatable bonds is 3. The molecule has 23 heavy (non-hydrogen) atoms. The van der Waals surface area contributed by atoms with Gasteiger partial charge in [-0.15, -0.1) is 0 Å². The summed E-state index contributed by atoms with van der Waals surface area (Å²) in [5, 5.41) is 0. The van der Waals surface area contributed by atoms with Crippen LogP contribution in [0.2, 0.25) is 0 Å². The highest BCUT2D eigenvalue weighted by Crippen LogP contribution is 2.59. The summed E-state index contributed by atoms with van der Waals surface area (Å²) in [6.45, 7) is 0. The molecule has 0 aliphatic heterocycles. The molecule has 3 nitrogen and oxygen atoms in total. The molecule has 0 atom stereocenters. The fourth-order valence-corrected chi connectivity index (χ4v) is 5.65. The monoisotopic (exact) mass is 306 g/mol. The van der Waals surface area contributed by atoms with Crippen LogP contribution in [0.1, 0.15) is 43.6 Å². The van der Waals surface area contributed by atoms with Crippen LogP contribution in [0.3, 0.4) is 0 Å². The summed E-state index contributed by atoms with van der Waals surface area (Å²) in [7, 11) is 0. The highest BCUT2D eigenvalue weighted by Gasteiger charge is 2.48. The highest BCUT2D eigenvalue weighted by molar-refractivity contribution is 5.28. The van der Waals surface area contributed by atoms with E-state index in [1.54, 1.807) is 12.4 Å². The second kappa shape index (κ2) is 5.33. The predicted octanol–water partition coefficient (Wildman–Crippen LogP) is 4.81. The third-order valence-electron chi connectivity index (χ3n) is 6.23. The maximum Gasteiger partial charge on any atom is 0.219 e. The normalized spacial score (nSPS) is 34.5. The Morgan fingerprint density at radius 2 is 1.65 bits per heavy atom. The first kappa shape index (κ1) is 13.5. The Balaban J connectivity index is 1.36. The lowest BCUT2D eigenvalue weighted by molar-refractivity contribution is -0.00290. The molecule has 0 amide bonds. The van der Waals surface area contributed by atoms with Crippen LogP contribution in [-0.2, 0) is 0 Å². The van der Waals surface area contributed by atoms with Crippen LogP contribution in [-0.4, -0.2) is 9.97 Å². The van der Waals surface area contributed by atoms with Crippen LogP contribution < -0.4 is 4.74 Å². The second-order valence-corrected chi connectivity index (χ2v) is 7.68. The molecule has 0 N–H and O–H groups in total. The smallest absolute Gasteiger partial charge is 0.219 e. The number of ether oxygens (including phenoxy) is 1. The average molecular weight is 306 g/mol. The van der Waals surface area contributed by atoms with Gasteiger partial charge in [-0.3, -0.25) is 4.98 Å². The molecule has 0 unspecified atom stereocenters. The summed E-state index contributed by atoms with van der Waals surface area (Å²) in [4.78, 5) is 8.63. The first-order valence-electron chi connectivity index (χ1n) is 8.89. The maximum atomic E-state index is 5.77. The van der Waals surface area contributed by atoms with E-state index in [4.69, 9.17) is 4.74 Å². The van der Waals surface area contributed by atoms with Crippen molar-refractivity contribution in [2.24, 2.45) is 23.7 Å². The first-order valence-corrected chi connectivity index (χ1v) is 8.89. The van der Waals surface area contributed by atoms with Crippen LogP contribution in [0.25, 0.3) is 0 Å². The lowest BCUT2D eigenvalue weighted by Crippen LogP contribution is -2.43. The third-order valence-corrected chi connectivity index (χ3v) is 6.23. The molecule has 6 rings (SSSR count). The van der Waals surface area contributed by atoms with Crippen molar-refractivity contribution in [2.75, 3.05) is 0 Å². The second-order valence-electron chi connectivity index (χ2n) is 7.68. The third kappa shape index (κ3) is 2.43. The summed E-state index contributed by atoms with van der Waals surface area (Å²) < 4.78 is 5.77. The number of pyridine rings is 2. The van der Waals surface area contributed by atoms with Gasteiger partial charge in [0.1, 0.15) is 5.75 Å². The van der Waals surface area contributed by atoms with Gasteiger partial charge in [0.2, 0.25) is 5.88 Å². The van der Waals surface area contributed by atoms with Crippen LogP contribution in [0.4, 0.5) is 0 Å². The Labute approximate surface area is 137 Å². The predicted molar refractivity (Wildman–Crippen MR) is 88.3 cm³/mol.